The first-order valence-corrected chi connectivity index (χ1v) is 14.3. The zero-order chi connectivity index (χ0) is 24.2. The van der Waals surface area contributed by atoms with Gasteiger partial charge in [0.15, 0.2) is 5.79 Å². The van der Waals surface area contributed by atoms with Gasteiger partial charge < -0.3 is 15.3 Å². The van der Waals surface area contributed by atoms with E-state index in [4.69, 9.17) is 0 Å². The molecule has 5 fully saturated rings. The Kier molecular flexibility index (Phi) is 5.38. The van der Waals surface area contributed by atoms with Gasteiger partial charge in [-0.1, -0.05) is 67.7 Å². The molecule has 5 saturated carbocycles. The Balaban J connectivity index is 1.45. The van der Waals surface area contributed by atoms with Crippen molar-refractivity contribution in [1.82, 2.24) is 0 Å². The lowest BCUT2D eigenvalue weighted by Gasteiger charge is -2.65. The molecule has 0 aromatic carbocycles. The second kappa shape index (κ2) is 7.22. The van der Waals surface area contributed by atoms with Crippen LogP contribution in [-0.4, -0.2) is 27.2 Å². The van der Waals surface area contributed by atoms with Gasteiger partial charge in [0.05, 0.1) is 0 Å². The Labute approximate surface area is 203 Å². The summed E-state index contributed by atoms with van der Waals surface area (Å²) in [4.78, 5) is 0. The molecule has 0 radical (unpaired) electrons. The molecule has 33 heavy (non-hydrogen) atoms. The Bertz CT molecular complexity index is 787. The van der Waals surface area contributed by atoms with E-state index in [0.29, 0.717) is 23.7 Å². The van der Waals surface area contributed by atoms with Gasteiger partial charge in [0.2, 0.25) is 0 Å². The molecule has 2 spiro atoms. The van der Waals surface area contributed by atoms with Crippen molar-refractivity contribution in [1.29, 1.82) is 0 Å². The average Bonchev–Trinajstić information content (AvgIpc) is 3.32. The number of hydrogen-bond donors (Lipinski definition) is 3. The van der Waals surface area contributed by atoms with Crippen LogP contribution in [0.25, 0.3) is 0 Å². The van der Waals surface area contributed by atoms with Crippen LogP contribution in [0, 0.1) is 56.7 Å². The highest BCUT2D eigenvalue weighted by Gasteiger charge is 2.88. The molecule has 9 atom stereocenters. The van der Waals surface area contributed by atoms with Crippen LogP contribution in [0.4, 0.5) is 0 Å². The second-order valence-electron chi connectivity index (χ2n) is 15.2. The van der Waals surface area contributed by atoms with E-state index < -0.39 is 17.3 Å². The van der Waals surface area contributed by atoms with Crippen LogP contribution >= 0.6 is 0 Å². The van der Waals surface area contributed by atoms with E-state index in [0.717, 1.165) is 37.0 Å². The minimum Gasteiger partial charge on any atom is -0.387 e. The fourth-order valence-corrected chi connectivity index (χ4v) is 11.5. The largest absolute Gasteiger partial charge is 0.387 e. The topological polar surface area (TPSA) is 60.7 Å². The van der Waals surface area contributed by atoms with Crippen molar-refractivity contribution in [2.24, 2.45) is 56.7 Å². The maximum atomic E-state index is 11.5. The lowest BCUT2D eigenvalue weighted by molar-refractivity contribution is -0.335. The van der Waals surface area contributed by atoms with Crippen molar-refractivity contribution >= 4 is 0 Å². The van der Waals surface area contributed by atoms with Crippen molar-refractivity contribution < 1.29 is 15.3 Å². The third-order valence-electron chi connectivity index (χ3n) is 13.2. The van der Waals surface area contributed by atoms with Crippen LogP contribution in [0.15, 0.2) is 0 Å². The standard InChI is InChI=1S/C30H52O3/c1-19(2)9-8-10-20(3)21-13-14-27(7)23-12-11-22-25(4,5)17-24(31)30(32,33)29(22)18-28(23,29)16-15-26(21,27)6/h19-24,31-33H,8-18H2,1-7H3/t20-,21-,22+,23+,24?,26-,27+,28+,29+/m1/s1. The zero-order valence-corrected chi connectivity index (χ0v) is 22.6. The summed E-state index contributed by atoms with van der Waals surface area (Å²) >= 11 is 0. The van der Waals surface area contributed by atoms with Gasteiger partial charge in [-0.2, -0.15) is 0 Å². The average molecular weight is 461 g/mol. The first kappa shape index (κ1) is 24.6. The molecular formula is C30H52O3. The summed E-state index contributed by atoms with van der Waals surface area (Å²) in [5.41, 5.74) is 0.109. The predicted octanol–water partition coefficient (Wildman–Crippen LogP) is 6.54. The van der Waals surface area contributed by atoms with Gasteiger partial charge in [-0.15, -0.1) is 0 Å². The van der Waals surface area contributed by atoms with Gasteiger partial charge in [0.1, 0.15) is 6.10 Å². The molecule has 0 amide bonds. The number of fused-ring (bicyclic) bond motifs is 2. The third kappa shape index (κ3) is 2.85. The van der Waals surface area contributed by atoms with Crippen LogP contribution in [0.5, 0.6) is 0 Å². The molecule has 0 saturated heterocycles. The summed E-state index contributed by atoms with van der Waals surface area (Å²) in [6.07, 6.45) is 11.8. The SMILES string of the molecule is CC(C)CCC[C@@H](C)[C@H]1CC[C@@]2(C)[C@@H]3CC[C@H]4C(C)(C)CC(O)C(O)(O)[C@@]45C[C@@]35CC[C@]12C. The van der Waals surface area contributed by atoms with Crippen molar-refractivity contribution in [2.75, 3.05) is 0 Å². The first-order valence-electron chi connectivity index (χ1n) is 14.3. The molecule has 5 rings (SSSR count). The van der Waals surface area contributed by atoms with E-state index in [9.17, 15) is 15.3 Å². The predicted molar refractivity (Wildman–Crippen MR) is 133 cm³/mol. The molecule has 0 bridgehead atoms. The summed E-state index contributed by atoms with van der Waals surface area (Å²) < 4.78 is 0. The highest BCUT2D eigenvalue weighted by atomic mass is 16.5. The van der Waals surface area contributed by atoms with E-state index in [2.05, 4.69) is 48.5 Å². The Hall–Kier alpha value is -0.120. The quantitative estimate of drug-likeness (QED) is 0.408. The van der Waals surface area contributed by atoms with Gasteiger partial charge in [-0.25, -0.2) is 0 Å². The number of aliphatic hydroxyl groups excluding tert-OH is 1. The molecule has 0 heterocycles. The zero-order valence-electron chi connectivity index (χ0n) is 22.6. The maximum absolute atomic E-state index is 11.5. The first-order chi connectivity index (χ1) is 15.2. The molecule has 3 nitrogen and oxygen atoms in total. The number of aliphatic hydroxyl groups is 3. The van der Waals surface area contributed by atoms with Crippen molar-refractivity contribution in [3.05, 3.63) is 0 Å². The van der Waals surface area contributed by atoms with Crippen LogP contribution < -0.4 is 0 Å². The molecular weight excluding hydrogens is 408 g/mol. The van der Waals surface area contributed by atoms with E-state index in [1.165, 1.54) is 44.9 Å². The Morgan fingerprint density at radius 2 is 1.48 bits per heavy atom. The summed E-state index contributed by atoms with van der Waals surface area (Å²) in [7, 11) is 0. The fourth-order valence-electron chi connectivity index (χ4n) is 11.5. The van der Waals surface area contributed by atoms with Crippen molar-refractivity contribution in [3.63, 3.8) is 0 Å². The van der Waals surface area contributed by atoms with Gasteiger partial charge in [-0.05, 0) is 103 Å². The van der Waals surface area contributed by atoms with Crippen LogP contribution in [0.3, 0.4) is 0 Å². The minimum absolute atomic E-state index is 0.0160. The summed E-state index contributed by atoms with van der Waals surface area (Å²) in [6, 6.07) is 0. The van der Waals surface area contributed by atoms with E-state index in [-0.39, 0.29) is 16.2 Å². The third-order valence-corrected chi connectivity index (χ3v) is 13.2. The molecule has 0 aromatic heterocycles. The molecule has 5 aliphatic carbocycles. The maximum Gasteiger partial charge on any atom is 0.196 e. The van der Waals surface area contributed by atoms with Gasteiger partial charge in [0, 0.05) is 5.41 Å². The van der Waals surface area contributed by atoms with E-state index in [1.807, 2.05) is 0 Å². The lowest BCUT2D eigenvalue weighted by Crippen LogP contribution is -2.67. The smallest absolute Gasteiger partial charge is 0.196 e. The highest BCUT2D eigenvalue weighted by Crippen LogP contribution is 2.90. The summed E-state index contributed by atoms with van der Waals surface area (Å²) in [6.45, 7) is 16.9. The van der Waals surface area contributed by atoms with Crippen LogP contribution in [0.1, 0.15) is 119 Å². The molecule has 1 unspecified atom stereocenters. The Morgan fingerprint density at radius 3 is 2.15 bits per heavy atom. The second-order valence-corrected chi connectivity index (χ2v) is 15.2. The van der Waals surface area contributed by atoms with Gasteiger partial charge in [-0.3, -0.25) is 0 Å². The van der Waals surface area contributed by atoms with Crippen LogP contribution in [-0.2, 0) is 0 Å². The minimum atomic E-state index is -1.93. The van der Waals surface area contributed by atoms with E-state index >= 15 is 0 Å². The molecule has 3 N–H and O–H groups in total. The van der Waals surface area contributed by atoms with Gasteiger partial charge >= 0.3 is 0 Å². The van der Waals surface area contributed by atoms with Crippen molar-refractivity contribution in [3.8, 4) is 0 Å². The lowest BCUT2D eigenvalue weighted by atomic mass is 9.41. The Morgan fingerprint density at radius 1 is 0.818 bits per heavy atom. The summed E-state index contributed by atoms with van der Waals surface area (Å²) in [5, 5.41) is 33.9. The van der Waals surface area contributed by atoms with Crippen molar-refractivity contribution in [2.45, 2.75) is 131 Å². The number of rotatable bonds is 5. The van der Waals surface area contributed by atoms with Gasteiger partial charge in [0.25, 0.3) is 0 Å². The van der Waals surface area contributed by atoms with Crippen LogP contribution in [0.2, 0.25) is 0 Å². The normalized spacial score (nSPS) is 52.5. The number of hydrogen-bond acceptors (Lipinski definition) is 3. The van der Waals surface area contributed by atoms with E-state index in [1.54, 1.807) is 0 Å². The molecule has 5 aliphatic rings. The monoisotopic (exact) mass is 460 g/mol. The molecule has 190 valence electrons. The molecule has 3 heteroatoms. The molecule has 0 aliphatic heterocycles. The highest BCUT2D eigenvalue weighted by molar-refractivity contribution is 5.34. The molecule has 0 aromatic rings. The summed E-state index contributed by atoms with van der Waals surface area (Å²) in [5.74, 6) is 1.30. The fraction of sp³-hybridized carbons (Fsp3) is 1.00.